The van der Waals surface area contributed by atoms with E-state index in [4.69, 9.17) is 0 Å². The van der Waals surface area contributed by atoms with Gasteiger partial charge < -0.3 is 5.32 Å². The Labute approximate surface area is 124 Å². The van der Waals surface area contributed by atoms with Crippen molar-refractivity contribution in [1.82, 2.24) is 10.2 Å². The lowest BCUT2D eigenvalue weighted by molar-refractivity contribution is 0.106. The van der Waals surface area contributed by atoms with Crippen LogP contribution in [-0.2, 0) is 0 Å². The Balaban J connectivity index is 2.06. The first-order valence-corrected chi connectivity index (χ1v) is 8.07. The zero-order chi connectivity index (χ0) is 14.5. The molecule has 20 heavy (non-hydrogen) atoms. The van der Waals surface area contributed by atoms with Crippen molar-refractivity contribution in [2.24, 2.45) is 5.92 Å². The Morgan fingerprint density at radius 1 is 1.20 bits per heavy atom. The van der Waals surface area contributed by atoms with E-state index in [1.165, 1.54) is 31.2 Å². The minimum absolute atomic E-state index is 0.401. The molecule has 2 heteroatoms. The van der Waals surface area contributed by atoms with Gasteiger partial charge in [-0.2, -0.15) is 0 Å². The predicted octanol–water partition coefficient (Wildman–Crippen LogP) is 3.85. The maximum Gasteiger partial charge on any atom is 0.0472 e. The summed E-state index contributed by atoms with van der Waals surface area (Å²) < 4.78 is 0. The summed E-state index contributed by atoms with van der Waals surface area (Å²) >= 11 is 0. The third-order valence-corrected chi connectivity index (χ3v) is 5.08. The first-order valence-electron chi connectivity index (χ1n) is 8.07. The van der Waals surface area contributed by atoms with Crippen LogP contribution < -0.4 is 5.32 Å². The van der Waals surface area contributed by atoms with E-state index in [0.717, 1.165) is 12.0 Å². The highest BCUT2D eigenvalue weighted by Crippen LogP contribution is 2.30. The third-order valence-electron chi connectivity index (χ3n) is 5.08. The molecule has 1 saturated carbocycles. The lowest BCUT2D eigenvalue weighted by Gasteiger charge is -2.40. The van der Waals surface area contributed by atoms with Crippen molar-refractivity contribution < 1.29 is 0 Å². The monoisotopic (exact) mass is 274 g/mol. The Kier molecular flexibility index (Phi) is 5.62. The van der Waals surface area contributed by atoms with Crippen molar-refractivity contribution >= 4 is 0 Å². The van der Waals surface area contributed by atoms with Crippen LogP contribution in [-0.4, -0.2) is 31.1 Å². The molecule has 0 aliphatic heterocycles. The molecule has 0 aromatic heterocycles. The summed E-state index contributed by atoms with van der Waals surface area (Å²) in [5.41, 5.74) is 1.39. The zero-order valence-electron chi connectivity index (χ0n) is 13.5. The highest BCUT2D eigenvalue weighted by Gasteiger charge is 2.29. The molecule has 1 aliphatic carbocycles. The average Bonchev–Trinajstić information content (AvgIpc) is 2.48. The highest BCUT2D eigenvalue weighted by atomic mass is 15.2. The molecule has 1 aromatic carbocycles. The number of nitrogens with zero attached hydrogens (tertiary/aromatic N) is 1. The van der Waals surface area contributed by atoms with Gasteiger partial charge in [0.15, 0.2) is 0 Å². The fourth-order valence-electron chi connectivity index (χ4n) is 3.69. The van der Waals surface area contributed by atoms with Gasteiger partial charge in [0.25, 0.3) is 0 Å². The molecule has 2 nitrogen and oxygen atoms in total. The number of rotatable bonds is 5. The molecule has 0 saturated heterocycles. The van der Waals surface area contributed by atoms with Crippen molar-refractivity contribution in [2.75, 3.05) is 14.1 Å². The van der Waals surface area contributed by atoms with Crippen molar-refractivity contribution in [3.05, 3.63) is 35.9 Å². The van der Waals surface area contributed by atoms with Gasteiger partial charge in [-0.25, -0.2) is 0 Å². The molecule has 1 fully saturated rings. The van der Waals surface area contributed by atoms with Gasteiger partial charge in [0.2, 0.25) is 0 Å². The van der Waals surface area contributed by atoms with Gasteiger partial charge in [0.05, 0.1) is 0 Å². The number of likely N-dealkylation sites (N-methyl/N-ethyl adjacent to an activating group) is 2. The SMILES string of the molecule is CNC(c1ccccc1)C(C)N(C)C1CCCC(C)C1. The van der Waals surface area contributed by atoms with Crippen LogP contribution in [0, 0.1) is 5.92 Å². The summed E-state index contributed by atoms with van der Waals surface area (Å²) in [6.07, 6.45) is 5.51. The number of benzene rings is 1. The molecular formula is C18H30N2. The van der Waals surface area contributed by atoms with Gasteiger partial charge in [-0.05, 0) is 45.3 Å². The van der Waals surface area contributed by atoms with Crippen LogP contribution in [0.3, 0.4) is 0 Å². The predicted molar refractivity (Wildman–Crippen MR) is 86.9 cm³/mol. The van der Waals surface area contributed by atoms with Crippen molar-refractivity contribution in [3.8, 4) is 0 Å². The second kappa shape index (κ2) is 7.24. The molecule has 1 aliphatic rings. The van der Waals surface area contributed by atoms with E-state index < -0.39 is 0 Å². The van der Waals surface area contributed by atoms with Gasteiger partial charge in [-0.3, -0.25) is 4.90 Å². The second-order valence-electron chi connectivity index (χ2n) is 6.51. The van der Waals surface area contributed by atoms with E-state index in [2.05, 4.69) is 68.5 Å². The summed E-state index contributed by atoms with van der Waals surface area (Å²) in [5.74, 6) is 0.883. The average molecular weight is 274 g/mol. The first kappa shape index (κ1) is 15.5. The van der Waals surface area contributed by atoms with Crippen LogP contribution >= 0.6 is 0 Å². The summed E-state index contributed by atoms with van der Waals surface area (Å²) in [6, 6.07) is 12.5. The fraction of sp³-hybridized carbons (Fsp3) is 0.667. The summed E-state index contributed by atoms with van der Waals surface area (Å²) in [7, 11) is 4.38. The van der Waals surface area contributed by atoms with Gasteiger partial charge in [-0.1, -0.05) is 50.1 Å². The first-order chi connectivity index (χ1) is 9.63. The van der Waals surface area contributed by atoms with E-state index in [9.17, 15) is 0 Å². The van der Waals surface area contributed by atoms with Crippen LogP contribution in [0.15, 0.2) is 30.3 Å². The summed E-state index contributed by atoms with van der Waals surface area (Å²) in [5, 5.41) is 3.51. The lowest BCUT2D eigenvalue weighted by atomic mass is 9.85. The van der Waals surface area contributed by atoms with Gasteiger partial charge in [-0.15, -0.1) is 0 Å². The quantitative estimate of drug-likeness (QED) is 0.877. The molecular weight excluding hydrogens is 244 g/mol. The zero-order valence-corrected chi connectivity index (χ0v) is 13.5. The van der Waals surface area contributed by atoms with Crippen LogP contribution in [0.25, 0.3) is 0 Å². The lowest BCUT2D eigenvalue weighted by Crippen LogP contribution is -2.46. The maximum atomic E-state index is 3.51. The number of nitrogens with one attached hydrogen (secondary N) is 1. The Hall–Kier alpha value is -0.860. The molecule has 1 aromatic rings. The van der Waals surface area contributed by atoms with Crippen molar-refractivity contribution in [2.45, 2.75) is 57.7 Å². The second-order valence-corrected chi connectivity index (χ2v) is 6.51. The molecule has 0 amide bonds. The Bertz CT molecular complexity index is 390. The van der Waals surface area contributed by atoms with E-state index in [0.29, 0.717) is 12.1 Å². The smallest absolute Gasteiger partial charge is 0.0472 e. The molecule has 0 spiro atoms. The topological polar surface area (TPSA) is 15.3 Å². The fourth-order valence-corrected chi connectivity index (χ4v) is 3.69. The van der Waals surface area contributed by atoms with E-state index in [-0.39, 0.29) is 0 Å². The molecule has 0 heterocycles. The summed E-state index contributed by atoms with van der Waals surface area (Å²) in [4.78, 5) is 2.60. The largest absolute Gasteiger partial charge is 0.312 e. The summed E-state index contributed by atoms with van der Waals surface area (Å²) in [6.45, 7) is 4.75. The Morgan fingerprint density at radius 2 is 1.90 bits per heavy atom. The van der Waals surface area contributed by atoms with E-state index >= 15 is 0 Å². The van der Waals surface area contributed by atoms with Crippen molar-refractivity contribution in [3.63, 3.8) is 0 Å². The molecule has 112 valence electrons. The minimum atomic E-state index is 0.401. The molecule has 0 radical (unpaired) electrons. The molecule has 0 bridgehead atoms. The van der Waals surface area contributed by atoms with Crippen LogP contribution in [0.5, 0.6) is 0 Å². The normalized spacial score (nSPS) is 26.4. The van der Waals surface area contributed by atoms with Gasteiger partial charge in [0, 0.05) is 18.1 Å². The standard InChI is InChI=1S/C18H30N2/c1-14-9-8-12-17(13-14)20(4)15(2)18(19-3)16-10-6-5-7-11-16/h5-7,10-11,14-15,17-19H,8-9,12-13H2,1-4H3. The van der Waals surface area contributed by atoms with E-state index in [1.807, 2.05) is 0 Å². The molecule has 4 atom stereocenters. The number of hydrogen-bond acceptors (Lipinski definition) is 2. The minimum Gasteiger partial charge on any atom is -0.312 e. The molecule has 4 unspecified atom stereocenters. The van der Waals surface area contributed by atoms with Gasteiger partial charge >= 0.3 is 0 Å². The third kappa shape index (κ3) is 3.62. The van der Waals surface area contributed by atoms with Crippen LogP contribution in [0.1, 0.15) is 51.1 Å². The van der Waals surface area contributed by atoms with Gasteiger partial charge in [0.1, 0.15) is 0 Å². The van der Waals surface area contributed by atoms with Crippen LogP contribution in [0.2, 0.25) is 0 Å². The highest BCUT2D eigenvalue weighted by molar-refractivity contribution is 5.20. The Morgan fingerprint density at radius 3 is 2.50 bits per heavy atom. The maximum absolute atomic E-state index is 3.51. The molecule has 2 rings (SSSR count). The van der Waals surface area contributed by atoms with Crippen molar-refractivity contribution in [1.29, 1.82) is 0 Å². The number of hydrogen-bond donors (Lipinski definition) is 1. The van der Waals surface area contributed by atoms with Crippen LogP contribution in [0.4, 0.5) is 0 Å². The molecule has 1 N–H and O–H groups in total. The van der Waals surface area contributed by atoms with E-state index in [1.54, 1.807) is 0 Å².